The molecule has 1 aromatic carbocycles. The number of benzene rings is 1. The molecule has 3 N–H and O–H groups in total. The molecule has 142 valence electrons. The number of hydrogen-bond acceptors (Lipinski definition) is 4. The van der Waals surface area contributed by atoms with Gasteiger partial charge in [-0.15, -0.1) is 0 Å². The van der Waals surface area contributed by atoms with Crippen molar-refractivity contribution in [3.63, 3.8) is 0 Å². The highest BCUT2D eigenvalue weighted by Gasteiger charge is 2.38. The highest BCUT2D eigenvalue weighted by molar-refractivity contribution is 5.87. The van der Waals surface area contributed by atoms with Crippen LogP contribution in [-0.4, -0.2) is 44.4 Å². The minimum absolute atomic E-state index is 0.0466. The molecular weight excluding hydrogens is 357 g/mol. The van der Waals surface area contributed by atoms with Crippen molar-refractivity contribution in [2.75, 3.05) is 0 Å². The Morgan fingerprint density at radius 3 is 2.23 bits per heavy atom. The maximum absolute atomic E-state index is 10.7. The van der Waals surface area contributed by atoms with Crippen LogP contribution in [-0.2, 0) is 22.6 Å². The number of H-pyrrole nitrogens is 1. The fourth-order valence-electron chi connectivity index (χ4n) is 1.72. The Balaban J connectivity index is 0.000000412. The van der Waals surface area contributed by atoms with E-state index in [0.717, 1.165) is 17.8 Å². The number of ether oxygens (including phenoxy) is 1. The van der Waals surface area contributed by atoms with Crippen molar-refractivity contribution in [3.8, 4) is 0 Å². The second-order valence-electron chi connectivity index (χ2n) is 5.17. The summed E-state index contributed by atoms with van der Waals surface area (Å²) in [6.45, 7) is 2.44. The lowest BCUT2D eigenvalue weighted by molar-refractivity contribution is -0.192. The fourth-order valence-corrected chi connectivity index (χ4v) is 1.72. The molecule has 0 bridgehead atoms. The van der Waals surface area contributed by atoms with Crippen molar-refractivity contribution in [2.24, 2.45) is 0 Å². The van der Waals surface area contributed by atoms with Crippen LogP contribution in [0.5, 0.6) is 0 Å². The third kappa shape index (κ3) is 7.79. The summed E-state index contributed by atoms with van der Waals surface area (Å²) in [5, 5.41) is 15.9. The van der Waals surface area contributed by atoms with Crippen molar-refractivity contribution in [3.05, 3.63) is 53.6 Å². The third-order valence-electron chi connectivity index (χ3n) is 3.01. The van der Waals surface area contributed by atoms with Crippen LogP contribution in [0, 0.1) is 0 Å². The molecule has 0 amide bonds. The third-order valence-corrected chi connectivity index (χ3v) is 3.01. The smallest absolute Gasteiger partial charge is 0.478 e. The standard InChI is InChI=1S/C14H16N2O3.C2HF3O2/c1-10(8-13-15-6-7-16-13)19-9-11-2-4-12(5-3-11)14(17)18;3-2(4,5)1(6)7/h2-7,10H,8-9H2,1H3,(H,15,16)(H,17,18);(H,6,7). The van der Waals surface area contributed by atoms with Gasteiger partial charge in [-0.3, -0.25) is 0 Å². The van der Waals surface area contributed by atoms with Gasteiger partial charge in [0.05, 0.1) is 18.3 Å². The zero-order valence-corrected chi connectivity index (χ0v) is 13.7. The van der Waals surface area contributed by atoms with E-state index in [4.69, 9.17) is 19.7 Å². The first-order valence-electron chi connectivity index (χ1n) is 7.31. The molecule has 1 heterocycles. The minimum atomic E-state index is -5.08. The highest BCUT2D eigenvalue weighted by atomic mass is 19.4. The van der Waals surface area contributed by atoms with Crippen molar-refractivity contribution in [1.29, 1.82) is 0 Å². The highest BCUT2D eigenvalue weighted by Crippen LogP contribution is 2.13. The summed E-state index contributed by atoms with van der Waals surface area (Å²) in [7, 11) is 0. The average Bonchev–Trinajstić information content (AvgIpc) is 3.06. The number of aromatic nitrogens is 2. The number of aliphatic carboxylic acids is 1. The summed E-state index contributed by atoms with van der Waals surface area (Å²) in [6.07, 6.45) is -0.815. The van der Waals surface area contributed by atoms with Gasteiger partial charge in [-0.25, -0.2) is 14.6 Å². The molecule has 0 saturated carbocycles. The monoisotopic (exact) mass is 374 g/mol. The molecule has 0 aliphatic rings. The molecule has 1 unspecified atom stereocenters. The molecule has 7 nitrogen and oxygen atoms in total. The van der Waals surface area contributed by atoms with Gasteiger partial charge < -0.3 is 19.9 Å². The van der Waals surface area contributed by atoms with Gasteiger partial charge in [-0.1, -0.05) is 12.1 Å². The molecule has 0 aliphatic heterocycles. The summed E-state index contributed by atoms with van der Waals surface area (Å²) in [6, 6.07) is 6.70. The van der Waals surface area contributed by atoms with Gasteiger partial charge in [-0.05, 0) is 24.6 Å². The number of imidazole rings is 1. The normalized spacial score (nSPS) is 12.0. The van der Waals surface area contributed by atoms with Crippen molar-refractivity contribution >= 4 is 11.9 Å². The van der Waals surface area contributed by atoms with Crippen molar-refractivity contribution in [1.82, 2.24) is 9.97 Å². The summed E-state index contributed by atoms with van der Waals surface area (Å²) < 4.78 is 37.4. The predicted molar refractivity (Wildman–Crippen MR) is 83.6 cm³/mol. The Bertz CT molecular complexity index is 700. The lowest BCUT2D eigenvalue weighted by Gasteiger charge is -2.11. The first-order valence-corrected chi connectivity index (χ1v) is 7.31. The van der Waals surface area contributed by atoms with Crippen LogP contribution in [0.1, 0.15) is 28.7 Å². The van der Waals surface area contributed by atoms with Crippen LogP contribution >= 0.6 is 0 Å². The average molecular weight is 374 g/mol. The number of aromatic amines is 1. The number of alkyl halides is 3. The molecule has 26 heavy (non-hydrogen) atoms. The maximum Gasteiger partial charge on any atom is 0.490 e. The van der Waals surface area contributed by atoms with Gasteiger partial charge >= 0.3 is 18.1 Å². The first-order chi connectivity index (χ1) is 12.1. The Hall–Kier alpha value is -2.88. The number of halogens is 3. The minimum Gasteiger partial charge on any atom is -0.478 e. The van der Waals surface area contributed by atoms with E-state index in [-0.39, 0.29) is 11.7 Å². The van der Waals surface area contributed by atoms with E-state index in [9.17, 15) is 18.0 Å². The zero-order chi connectivity index (χ0) is 19.7. The molecule has 1 aromatic heterocycles. The van der Waals surface area contributed by atoms with Crippen LogP contribution in [0.2, 0.25) is 0 Å². The Labute approximate surface area is 146 Å². The van der Waals surface area contributed by atoms with E-state index in [1.165, 1.54) is 0 Å². The SMILES string of the molecule is CC(Cc1ncc[nH]1)OCc1ccc(C(=O)O)cc1.O=C(O)C(F)(F)F. The van der Waals surface area contributed by atoms with Crippen LogP contribution < -0.4 is 0 Å². The van der Waals surface area contributed by atoms with E-state index in [1.807, 2.05) is 6.92 Å². The fraction of sp³-hybridized carbons (Fsp3) is 0.312. The molecule has 10 heteroatoms. The quantitative estimate of drug-likeness (QED) is 0.717. The van der Waals surface area contributed by atoms with Gasteiger partial charge in [0.15, 0.2) is 0 Å². The maximum atomic E-state index is 10.7. The number of nitrogens with zero attached hydrogens (tertiary/aromatic N) is 1. The van der Waals surface area contributed by atoms with Gasteiger partial charge in [0, 0.05) is 18.8 Å². The van der Waals surface area contributed by atoms with E-state index in [2.05, 4.69) is 9.97 Å². The van der Waals surface area contributed by atoms with Gasteiger partial charge in [0.25, 0.3) is 0 Å². The number of carbonyl (C=O) groups is 2. The van der Waals surface area contributed by atoms with Gasteiger partial charge in [0.2, 0.25) is 0 Å². The summed E-state index contributed by atoms with van der Waals surface area (Å²) in [5.74, 6) is -2.78. The Morgan fingerprint density at radius 1 is 1.23 bits per heavy atom. The number of aromatic carboxylic acids is 1. The second-order valence-corrected chi connectivity index (χ2v) is 5.17. The predicted octanol–water partition coefficient (Wildman–Crippen LogP) is 2.89. The molecule has 2 rings (SSSR count). The van der Waals surface area contributed by atoms with Crippen LogP contribution in [0.15, 0.2) is 36.7 Å². The van der Waals surface area contributed by atoms with Crippen LogP contribution in [0.4, 0.5) is 13.2 Å². The van der Waals surface area contributed by atoms with E-state index in [0.29, 0.717) is 6.61 Å². The number of carboxylic acids is 2. The molecule has 1 atom stereocenters. The molecule has 0 radical (unpaired) electrons. The first kappa shape index (κ1) is 21.2. The number of carboxylic acid groups (broad SMARTS) is 2. The molecule has 2 aromatic rings. The summed E-state index contributed by atoms with van der Waals surface area (Å²) in [5.41, 5.74) is 1.24. The molecule has 0 aliphatic carbocycles. The van der Waals surface area contributed by atoms with E-state index < -0.39 is 18.1 Å². The van der Waals surface area contributed by atoms with Crippen LogP contribution in [0.3, 0.4) is 0 Å². The zero-order valence-electron chi connectivity index (χ0n) is 13.7. The summed E-state index contributed by atoms with van der Waals surface area (Å²) in [4.78, 5) is 26.8. The summed E-state index contributed by atoms with van der Waals surface area (Å²) >= 11 is 0. The number of rotatable bonds is 6. The molecular formula is C16H17F3N2O5. The lowest BCUT2D eigenvalue weighted by atomic mass is 10.1. The van der Waals surface area contributed by atoms with Crippen LogP contribution in [0.25, 0.3) is 0 Å². The van der Waals surface area contributed by atoms with Gasteiger partial charge in [-0.2, -0.15) is 13.2 Å². The van der Waals surface area contributed by atoms with Crippen molar-refractivity contribution < 1.29 is 37.7 Å². The largest absolute Gasteiger partial charge is 0.490 e. The Kier molecular flexibility index (Phi) is 7.78. The topological polar surface area (TPSA) is 113 Å². The number of hydrogen-bond donors (Lipinski definition) is 3. The molecule has 0 fully saturated rings. The lowest BCUT2D eigenvalue weighted by Crippen LogP contribution is -2.21. The van der Waals surface area contributed by atoms with E-state index in [1.54, 1.807) is 36.7 Å². The molecule has 0 spiro atoms. The number of nitrogens with one attached hydrogen (secondary N) is 1. The Morgan fingerprint density at radius 2 is 1.81 bits per heavy atom. The molecule has 0 saturated heterocycles. The van der Waals surface area contributed by atoms with Gasteiger partial charge in [0.1, 0.15) is 5.82 Å². The van der Waals surface area contributed by atoms with E-state index >= 15 is 0 Å². The van der Waals surface area contributed by atoms with Crippen molar-refractivity contribution in [2.45, 2.75) is 32.2 Å². The second kappa shape index (κ2) is 9.56.